The van der Waals surface area contributed by atoms with Crippen LogP contribution < -0.4 is 49.8 Å². The standard InChI is InChI=1S/C33H41F3N10O7/c1-18(43-32(51)52-17-19-7-3-2-4-8-19)27(48)45-24(10-6-14-42-31(39)40)29(50)46-23(9-5-13-41-30(37)38)28(49)44-20-11-12-21-22(33(34,35)36)16-26(47)53-25(21)15-20/h2-4,7-8,11-12,15-16,18,23-24H,5-6,9-10,13-14,17H2,1H3,(H,43,51)(H,44,49)(H,45,48)(H,46,50)(H4,37,38,41)(H4,39,40,42)/t18-,23+,24-/m0/s1. The van der Waals surface area contributed by atoms with Crippen molar-refractivity contribution < 1.29 is 41.5 Å². The molecule has 0 aliphatic carbocycles. The van der Waals surface area contributed by atoms with Gasteiger partial charge in [0.05, 0.1) is 5.56 Å². The summed E-state index contributed by atoms with van der Waals surface area (Å²) in [5, 5.41) is 9.60. The lowest BCUT2D eigenvalue weighted by Gasteiger charge is -2.24. The zero-order valence-electron chi connectivity index (χ0n) is 28.6. The first-order chi connectivity index (χ1) is 25.0. The second-order valence-electron chi connectivity index (χ2n) is 11.6. The number of nitrogens with two attached hydrogens (primary N) is 4. The van der Waals surface area contributed by atoms with E-state index >= 15 is 0 Å². The highest BCUT2D eigenvalue weighted by atomic mass is 19.4. The van der Waals surface area contributed by atoms with Crippen LogP contribution in [0.25, 0.3) is 11.0 Å². The van der Waals surface area contributed by atoms with Crippen LogP contribution in [0.2, 0.25) is 0 Å². The molecule has 0 aliphatic rings. The third-order valence-corrected chi connectivity index (χ3v) is 7.41. The number of amides is 4. The maximum absolute atomic E-state index is 13.6. The van der Waals surface area contributed by atoms with Gasteiger partial charge in [-0.15, -0.1) is 0 Å². The Morgan fingerprint density at radius 2 is 1.40 bits per heavy atom. The number of rotatable bonds is 17. The number of hydrogen-bond donors (Lipinski definition) is 8. The molecule has 286 valence electrons. The molecule has 53 heavy (non-hydrogen) atoms. The minimum absolute atomic E-state index is 0.00683. The molecule has 0 saturated carbocycles. The molecule has 4 amide bonds. The van der Waals surface area contributed by atoms with E-state index < -0.39 is 70.3 Å². The van der Waals surface area contributed by atoms with E-state index in [1.165, 1.54) is 13.0 Å². The lowest BCUT2D eigenvalue weighted by atomic mass is 10.1. The van der Waals surface area contributed by atoms with Gasteiger partial charge in [0.25, 0.3) is 0 Å². The number of guanidine groups is 2. The van der Waals surface area contributed by atoms with Gasteiger partial charge in [0.2, 0.25) is 17.7 Å². The summed E-state index contributed by atoms with van der Waals surface area (Å²) in [6.07, 6.45) is -5.38. The predicted octanol–water partition coefficient (Wildman–Crippen LogP) is 1.14. The molecule has 1 heterocycles. The number of nitrogens with zero attached hydrogens (tertiary/aromatic N) is 2. The number of fused-ring (bicyclic) bond motifs is 1. The van der Waals surface area contributed by atoms with Crippen molar-refractivity contribution in [1.29, 1.82) is 0 Å². The summed E-state index contributed by atoms with van der Waals surface area (Å²) in [5.74, 6) is -2.77. The van der Waals surface area contributed by atoms with Gasteiger partial charge >= 0.3 is 17.9 Å². The van der Waals surface area contributed by atoms with Crippen LogP contribution in [0.15, 0.2) is 73.8 Å². The highest BCUT2D eigenvalue weighted by molar-refractivity contribution is 6.00. The number of carbonyl (C=O) groups is 4. The summed E-state index contributed by atoms with van der Waals surface area (Å²) in [7, 11) is 0. The Bertz CT molecular complexity index is 1860. The maximum Gasteiger partial charge on any atom is 0.417 e. The van der Waals surface area contributed by atoms with Crippen LogP contribution in [-0.2, 0) is 31.9 Å². The first-order valence-corrected chi connectivity index (χ1v) is 16.2. The van der Waals surface area contributed by atoms with E-state index in [2.05, 4.69) is 31.3 Å². The van der Waals surface area contributed by atoms with E-state index in [-0.39, 0.29) is 63.0 Å². The first kappa shape index (κ1) is 41.1. The van der Waals surface area contributed by atoms with Gasteiger partial charge in [-0.1, -0.05) is 30.3 Å². The Hall–Kier alpha value is -6.34. The second kappa shape index (κ2) is 19.3. The van der Waals surface area contributed by atoms with Crippen molar-refractivity contribution in [3.63, 3.8) is 0 Å². The number of halogens is 3. The van der Waals surface area contributed by atoms with Gasteiger partial charge in [-0.3, -0.25) is 24.4 Å². The van der Waals surface area contributed by atoms with Crippen molar-refractivity contribution in [1.82, 2.24) is 16.0 Å². The molecule has 0 bridgehead atoms. The van der Waals surface area contributed by atoms with Gasteiger partial charge in [0.15, 0.2) is 11.9 Å². The smallest absolute Gasteiger partial charge is 0.417 e. The lowest BCUT2D eigenvalue weighted by Crippen LogP contribution is -2.55. The van der Waals surface area contributed by atoms with Gasteiger partial charge in [0, 0.05) is 36.3 Å². The predicted molar refractivity (Wildman–Crippen MR) is 189 cm³/mol. The molecule has 17 nitrogen and oxygen atoms in total. The third kappa shape index (κ3) is 13.7. The van der Waals surface area contributed by atoms with E-state index in [1.54, 1.807) is 30.3 Å². The van der Waals surface area contributed by atoms with Gasteiger partial charge in [-0.05, 0) is 50.3 Å². The molecule has 3 rings (SSSR count). The van der Waals surface area contributed by atoms with E-state index in [1.807, 2.05) is 0 Å². The lowest BCUT2D eigenvalue weighted by molar-refractivity contribution is -0.136. The monoisotopic (exact) mass is 746 g/mol. The minimum Gasteiger partial charge on any atom is -0.445 e. The van der Waals surface area contributed by atoms with Crippen LogP contribution >= 0.6 is 0 Å². The van der Waals surface area contributed by atoms with E-state index in [4.69, 9.17) is 32.1 Å². The fourth-order valence-electron chi connectivity index (χ4n) is 4.83. The van der Waals surface area contributed by atoms with Crippen LogP contribution in [0.1, 0.15) is 43.7 Å². The largest absolute Gasteiger partial charge is 0.445 e. The molecule has 3 aromatic rings. The van der Waals surface area contributed by atoms with Crippen LogP contribution in [-0.4, -0.2) is 66.9 Å². The summed E-state index contributed by atoms with van der Waals surface area (Å²) >= 11 is 0. The number of hydrogen-bond acceptors (Lipinski definition) is 9. The van der Waals surface area contributed by atoms with Crippen molar-refractivity contribution in [2.24, 2.45) is 32.9 Å². The summed E-state index contributed by atoms with van der Waals surface area (Å²) in [6, 6.07) is 8.67. The molecule has 20 heteroatoms. The van der Waals surface area contributed by atoms with Gasteiger partial charge in [-0.25, -0.2) is 9.59 Å². The zero-order chi connectivity index (χ0) is 39.1. The highest BCUT2D eigenvalue weighted by Crippen LogP contribution is 2.34. The molecule has 0 fully saturated rings. The van der Waals surface area contributed by atoms with Crippen LogP contribution in [0.4, 0.5) is 23.7 Å². The molecular weight excluding hydrogens is 705 g/mol. The summed E-state index contributed by atoms with van der Waals surface area (Å²) < 4.78 is 50.6. The Balaban J connectivity index is 1.78. The second-order valence-corrected chi connectivity index (χ2v) is 11.6. The average Bonchev–Trinajstić information content (AvgIpc) is 3.09. The molecule has 0 radical (unpaired) electrons. The molecule has 0 aliphatic heterocycles. The van der Waals surface area contributed by atoms with Crippen LogP contribution in [0.3, 0.4) is 0 Å². The van der Waals surface area contributed by atoms with Crippen molar-refractivity contribution in [3.8, 4) is 0 Å². The van der Waals surface area contributed by atoms with E-state index in [0.717, 1.165) is 17.7 Å². The topological polar surface area (TPSA) is 285 Å². The number of nitrogens with one attached hydrogen (secondary N) is 4. The number of benzene rings is 2. The fourth-order valence-corrected chi connectivity index (χ4v) is 4.83. The number of carbonyl (C=O) groups excluding carboxylic acids is 4. The van der Waals surface area contributed by atoms with Crippen LogP contribution in [0, 0.1) is 0 Å². The van der Waals surface area contributed by atoms with Gasteiger partial charge in [-0.2, -0.15) is 13.2 Å². The average molecular weight is 747 g/mol. The number of ether oxygens (including phenoxy) is 1. The fraction of sp³-hybridized carbons (Fsp3) is 0.364. The van der Waals surface area contributed by atoms with E-state index in [0.29, 0.717) is 6.07 Å². The number of anilines is 1. The molecular formula is C33H41F3N10O7. The zero-order valence-corrected chi connectivity index (χ0v) is 28.6. The SMILES string of the molecule is C[C@H](NC(=O)OCc1ccccc1)C(=O)N[C@@H](CCCN=C(N)N)C(=O)N[C@H](CCCN=C(N)N)C(=O)Nc1ccc2c(C(F)(F)F)cc(=O)oc2c1. The molecule has 12 N–H and O–H groups in total. The minimum atomic E-state index is -4.85. The van der Waals surface area contributed by atoms with E-state index in [9.17, 15) is 37.1 Å². The summed E-state index contributed by atoms with van der Waals surface area (Å²) in [5.41, 5.74) is 19.3. The van der Waals surface area contributed by atoms with Crippen molar-refractivity contribution in [2.45, 2.75) is 63.5 Å². The van der Waals surface area contributed by atoms with Gasteiger partial charge in [0.1, 0.15) is 30.3 Å². The van der Waals surface area contributed by atoms with Crippen molar-refractivity contribution in [3.05, 3.63) is 76.1 Å². The molecule has 0 saturated heterocycles. The number of aliphatic imine (C=N–C) groups is 2. The van der Waals surface area contributed by atoms with Crippen LogP contribution in [0.5, 0.6) is 0 Å². The summed E-state index contributed by atoms with van der Waals surface area (Å²) in [6.45, 7) is 1.49. The third-order valence-electron chi connectivity index (χ3n) is 7.41. The Labute approximate surface area is 300 Å². The first-order valence-electron chi connectivity index (χ1n) is 16.2. The molecule has 3 atom stereocenters. The summed E-state index contributed by atoms with van der Waals surface area (Å²) in [4.78, 5) is 72.2. The van der Waals surface area contributed by atoms with Crippen molar-refractivity contribution >= 4 is 52.4 Å². The van der Waals surface area contributed by atoms with Crippen molar-refractivity contribution in [2.75, 3.05) is 18.4 Å². The quantitative estimate of drug-likeness (QED) is 0.0420. The molecule has 0 spiro atoms. The van der Waals surface area contributed by atoms with Gasteiger partial charge < -0.3 is 53.4 Å². The maximum atomic E-state index is 13.6. The Morgan fingerprint density at radius 3 is 1.98 bits per heavy atom. The highest BCUT2D eigenvalue weighted by Gasteiger charge is 2.34. The molecule has 2 aromatic carbocycles. The normalized spacial score (nSPS) is 12.8. The molecule has 0 unspecified atom stereocenters. The Kier molecular flexibility index (Phi) is 15.0. The number of alkyl carbamates (subject to hydrolysis) is 1. The number of alkyl halides is 3. The Morgan fingerprint density at radius 1 is 0.811 bits per heavy atom. The molecule has 1 aromatic heterocycles.